The van der Waals surface area contributed by atoms with Gasteiger partial charge in [0.15, 0.2) is 0 Å². The van der Waals surface area contributed by atoms with Crippen LogP contribution in [-0.4, -0.2) is 23.9 Å². The molecule has 142 valence electrons. The summed E-state index contributed by atoms with van der Waals surface area (Å²) in [4.78, 5) is 17.6. The maximum absolute atomic E-state index is 14.0. The second kappa shape index (κ2) is 6.86. The van der Waals surface area contributed by atoms with Crippen molar-refractivity contribution >= 4 is 27.3 Å². The van der Waals surface area contributed by atoms with Crippen LogP contribution in [-0.2, 0) is 17.1 Å². The number of carbonyl (C=O) groups is 1. The van der Waals surface area contributed by atoms with Gasteiger partial charge in [0.1, 0.15) is 28.0 Å². The maximum atomic E-state index is 14.0. The van der Waals surface area contributed by atoms with Crippen molar-refractivity contribution in [2.45, 2.75) is 18.7 Å². The smallest absolute Gasteiger partial charge is 0.285 e. The van der Waals surface area contributed by atoms with Crippen molar-refractivity contribution in [3.05, 3.63) is 57.5 Å². The number of amides is 1. The van der Waals surface area contributed by atoms with E-state index in [1.807, 2.05) is 4.72 Å². The molecule has 0 aliphatic rings. The molecule has 0 aliphatic carbocycles. The predicted molar refractivity (Wildman–Crippen MR) is 97.0 cm³/mol. The number of aryl methyl sites for hydroxylation is 3. The molecule has 3 aromatic rings. The first kappa shape index (κ1) is 19.2. The van der Waals surface area contributed by atoms with Crippen molar-refractivity contribution in [2.24, 2.45) is 7.05 Å². The molecule has 3 rings (SSSR count). The van der Waals surface area contributed by atoms with E-state index in [-0.39, 0.29) is 16.4 Å². The molecule has 0 fully saturated rings. The number of hydrogen-bond acceptors (Lipinski definition) is 5. The van der Waals surface area contributed by atoms with Crippen molar-refractivity contribution in [1.82, 2.24) is 14.3 Å². The van der Waals surface area contributed by atoms with Gasteiger partial charge in [-0.3, -0.25) is 4.79 Å². The summed E-state index contributed by atoms with van der Waals surface area (Å²) in [5, 5.41) is 0. The largest absolute Gasteiger partial charge is 0.333 e. The van der Waals surface area contributed by atoms with Crippen molar-refractivity contribution < 1.29 is 22.0 Å². The minimum absolute atomic E-state index is 0.00894. The van der Waals surface area contributed by atoms with Crippen LogP contribution in [0, 0.1) is 25.5 Å². The summed E-state index contributed by atoms with van der Waals surface area (Å²) in [6, 6.07) is 4.81. The number of nitrogens with one attached hydrogen (secondary N) is 1. The standard InChI is InChI=1S/C17H15F2N3O3S2/c1-9-7-14(10(2)26-9)27(24,25)21-17(23)13-8-22(3)16(20-13)15-11(18)5-4-6-12(15)19/h4-8H,1-3H3,(H,21,23). The summed E-state index contributed by atoms with van der Waals surface area (Å²) in [6.07, 6.45) is 1.21. The first-order valence-electron chi connectivity index (χ1n) is 7.72. The molecular weight excluding hydrogens is 396 g/mol. The van der Waals surface area contributed by atoms with Crippen LogP contribution in [0.15, 0.2) is 35.4 Å². The Morgan fingerprint density at radius 3 is 2.41 bits per heavy atom. The molecule has 0 saturated carbocycles. The fourth-order valence-corrected chi connectivity index (χ4v) is 5.14. The van der Waals surface area contributed by atoms with Crippen LogP contribution < -0.4 is 4.72 Å². The summed E-state index contributed by atoms with van der Waals surface area (Å²) < 4.78 is 56.0. The summed E-state index contributed by atoms with van der Waals surface area (Å²) in [5.41, 5.74) is -0.672. The van der Waals surface area contributed by atoms with E-state index in [1.165, 1.54) is 41.3 Å². The number of imidazole rings is 1. The summed E-state index contributed by atoms with van der Waals surface area (Å²) >= 11 is 1.29. The van der Waals surface area contributed by atoms with Gasteiger partial charge in [-0.2, -0.15) is 0 Å². The molecule has 0 aliphatic heterocycles. The van der Waals surface area contributed by atoms with E-state index in [0.29, 0.717) is 4.88 Å². The Morgan fingerprint density at radius 1 is 1.22 bits per heavy atom. The highest BCUT2D eigenvalue weighted by atomic mass is 32.2. The Bertz CT molecular complexity index is 1130. The number of rotatable bonds is 4. The van der Waals surface area contributed by atoms with E-state index >= 15 is 0 Å². The van der Waals surface area contributed by atoms with Crippen molar-refractivity contribution in [1.29, 1.82) is 0 Å². The van der Waals surface area contributed by atoms with Gasteiger partial charge < -0.3 is 4.57 Å². The highest BCUT2D eigenvalue weighted by molar-refractivity contribution is 7.90. The molecule has 1 aromatic carbocycles. The fourth-order valence-electron chi connectivity index (χ4n) is 2.62. The van der Waals surface area contributed by atoms with Crippen molar-refractivity contribution in [3.63, 3.8) is 0 Å². The van der Waals surface area contributed by atoms with E-state index in [2.05, 4.69) is 4.98 Å². The monoisotopic (exact) mass is 411 g/mol. The molecule has 27 heavy (non-hydrogen) atoms. The number of sulfonamides is 1. The van der Waals surface area contributed by atoms with Gasteiger partial charge in [0.2, 0.25) is 0 Å². The lowest BCUT2D eigenvalue weighted by Gasteiger charge is -2.05. The van der Waals surface area contributed by atoms with Crippen LogP contribution in [0.4, 0.5) is 8.78 Å². The van der Waals surface area contributed by atoms with Crippen LogP contribution in [0.25, 0.3) is 11.4 Å². The van der Waals surface area contributed by atoms with E-state index < -0.39 is 33.1 Å². The molecule has 0 unspecified atom stereocenters. The van der Waals surface area contributed by atoms with Gasteiger partial charge in [0.05, 0.1) is 5.56 Å². The first-order chi connectivity index (χ1) is 12.6. The molecule has 0 atom stereocenters. The van der Waals surface area contributed by atoms with Gasteiger partial charge in [-0.15, -0.1) is 11.3 Å². The minimum atomic E-state index is -4.09. The molecule has 0 bridgehead atoms. The van der Waals surface area contributed by atoms with E-state index in [4.69, 9.17) is 0 Å². The molecule has 1 amide bonds. The zero-order valence-corrected chi connectivity index (χ0v) is 16.2. The van der Waals surface area contributed by atoms with Gasteiger partial charge in [0.25, 0.3) is 15.9 Å². The predicted octanol–water partition coefficient (Wildman–Crippen LogP) is 3.16. The molecule has 10 heteroatoms. The summed E-state index contributed by atoms with van der Waals surface area (Å²) in [5.74, 6) is -2.80. The number of aromatic nitrogens is 2. The third-order valence-corrected chi connectivity index (χ3v) is 6.36. The zero-order valence-electron chi connectivity index (χ0n) is 14.6. The van der Waals surface area contributed by atoms with Crippen LogP contribution >= 0.6 is 11.3 Å². The Labute approximate surface area is 158 Å². The Balaban J connectivity index is 1.94. The molecule has 0 saturated heterocycles. The Hall–Kier alpha value is -2.59. The van der Waals surface area contributed by atoms with Crippen molar-refractivity contribution in [3.8, 4) is 11.4 Å². The molecule has 6 nitrogen and oxygen atoms in total. The van der Waals surface area contributed by atoms with Gasteiger partial charge in [-0.25, -0.2) is 26.9 Å². The molecule has 1 N–H and O–H groups in total. The first-order valence-corrected chi connectivity index (χ1v) is 10.0. The number of nitrogens with zero attached hydrogens (tertiary/aromatic N) is 2. The number of hydrogen-bond donors (Lipinski definition) is 1. The highest BCUT2D eigenvalue weighted by Crippen LogP contribution is 2.26. The van der Waals surface area contributed by atoms with Gasteiger partial charge >= 0.3 is 0 Å². The zero-order chi connectivity index (χ0) is 19.9. The van der Waals surface area contributed by atoms with E-state index in [1.54, 1.807) is 13.8 Å². The average Bonchev–Trinajstić information content (AvgIpc) is 3.10. The number of thiophene rings is 1. The molecule has 0 spiro atoms. The molecule has 2 heterocycles. The third kappa shape index (κ3) is 3.62. The molecule has 0 radical (unpaired) electrons. The van der Waals surface area contributed by atoms with Crippen molar-refractivity contribution in [2.75, 3.05) is 0 Å². The lowest BCUT2D eigenvalue weighted by Crippen LogP contribution is -2.31. The summed E-state index contributed by atoms with van der Waals surface area (Å²) in [6.45, 7) is 3.39. The lowest BCUT2D eigenvalue weighted by molar-refractivity contribution is 0.0977. The number of benzene rings is 1. The fraction of sp³-hybridized carbons (Fsp3) is 0.176. The normalized spacial score (nSPS) is 11.6. The van der Waals surface area contributed by atoms with Crippen LogP contribution in [0.1, 0.15) is 20.2 Å². The SMILES string of the molecule is Cc1cc(S(=O)(=O)NC(=O)c2cn(C)c(-c3c(F)cccc3F)n2)c(C)s1. The Kier molecular flexibility index (Phi) is 4.87. The minimum Gasteiger partial charge on any atom is -0.333 e. The van der Waals surface area contributed by atoms with Gasteiger partial charge in [0, 0.05) is 23.0 Å². The summed E-state index contributed by atoms with van der Waals surface area (Å²) in [7, 11) is -2.64. The third-order valence-electron chi connectivity index (χ3n) is 3.81. The van der Waals surface area contributed by atoms with E-state index in [9.17, 15) is 22.0 Å². The second-order valence-corrected chi connectivity index (χ2v) is 8.98. The molecule has 2 aromatic heterocycles. The quantitative estimate of drug-likeness (QED) is 0.715. The topological polar surface area (TPSA) is 81.1 Å². The van der Waals surface area contributed by atoms with Gasteiger partial charge in [-0.1, -0.05) is 6.07 Å². The molecular formula is C17H15F2N3O3S2. The lowest BCUT2D eigenvalue weighted by atomic mass is 10.2. The second-order valence-electron chi connectivity index (χ2n) is 5.87. The average molecular weight is 411 g/mol. The maximum Gasteiger partial charge on any atom is 0.285 e. The van der Waals surface area contributed by atoms with Crippen LogP contribution in [0.3, 0.4) is 0 Å². The number of carbonyl (C=O) groups excluding carboxylic acids is 1. The number of halogens is 2. The van der Waals surface area contributed by atoms with Crippen LogP contribution in [0.5, 0.6) is 0 Å². The van der Waals surface area contributed by atoms with E-state index in [0.717, 1.165) is 17.0 Å². The highest BCUT2D eigenvalue weighted by Gasteiger charge is 2.25. The Morgan fingerprint density at radius 2 is 1.85 bits per heavy atom. The van der Waals surface area contributed by atoms with Gasteiger partial charge in [-0.05, 0) is 32.0 Å². The van der Waals surface area contributed by atoms with Crippen LogP contribution in [0.2, 0.25) is 0 Å².